The first-order valence-corrected chi connectivity index (χ1v) is 7.64. The molecule has 1 aromatic heterocycles. The molecule has 0 atom stereocenters. The Kier molecular flexibility index (Phi) is 3.12. The van der Waals surface area contributed by atoms with Crippen molar-refractivity contribution in [3.8, 4) is 11.1 Å². The molecule has 1 heterocycles. The van der Waals surface area contributed by atoms with E-state index < -0.39 is 0 Å². The average molecular weight is 283 g/mol. The Balaban J connectivity index is 1.85. The van der Waals surface area contributed by atoms with Crippen LogP contribution in [0.1, 0.15) is 22.4 Å². The fourth-order valence-corrected chi connectivity index (χ4v) is 3.24. The maximum absolute atomic E-state index is 4.68. The molecule has 3 aromatic rings. The standard InChI is InChI=1S/C21H17N/c1-15-18(16-7-3-2-4-8-16)13-14-22-21(15)20-12-11-17-9-5-6-10-19(17)20/h2-10,12-14H,11H2,1H3. The first kappa shape index (κ1) is 13.0. The largest absolute Gasteiger partial charge is 0.256 e. The molecule has 1 aliphatic rings. The van der Waals surface area contributed by atoms with E-state index in [1.165, 1.54) is 33.4 Å². The molecule has 0 fully saturated rings. The molecule has 0 spiro atoms. The molecular weight excluding hydrogens is 266 g/mol. The molecule has 1 aliphatic carbocycles. The van der Waals surface area contributed by atoms with E-state index in [9.17, 15) is 0 Å². The lowest BCUT2D eigenvalue weighted by Gasteiger charge is -2.12. The lowest BCUT2D eigenvalue weighted by molar-refractivity contribution is 1.22. The second-order valence-corrected chi connectivity index (χ2v) is 5.68. The van der Waals surface area contributed by atoms with Gasteiger partial charge in [-0.2, -0.15) is 0 Å². The number of rotatable bonds is 2. The predicted octanol–water partition coefficient (Wildman–Crippen LogP) is 5.04. The number of pyridine rings is 1. The third-order valence-electron chi connectivity index (χ3n) is 4.38. The van der Waals surface area contributed by atoms with E-state index >= 15 is 0 Å². The molecule has 0 bridgehead atoms. The summed E-state index contributed by atoms with van der Waals surface area (Å²) in [5.74, 6) is 0. The third-order valence-corrected chi connectivity index (χ3v) is 4.38. The molecule has 1 heteroatoms. The van der Waals surface area contributed by atoms with Crippen molar-refractivity contribution >= 4 is 5.57 Å². The van der Waals surface area contributed by atoms with Crippen molar-refractivity contribution in [3.63, 3.8) is 0 Å². The molecule has 0 N–H and O–H groups in total. The minimum Gasteiger partial charge on any atom is -0.256 e. The Bertz CT molecular complexity index is 860. The van der Waals surface area contributed by atoms with Gasteiger partial charge in [-0.1, -0.05) is 60.7 Å². The van der Waals surface area contributed by atoms with E-state index in [-0.39, 0.29) is 0 Å². The Labute approximate surface area is 131 Å². The van der Waals surface area contributed by atoms with Crippen LogP contribution in [0.2, 0.25) is 0 Å². The van der Waals surface area contributed by atoms with Crippen molar-refractivity contribution in [2.45, 2.75) is 13.3 Å². The van der Waals surface area contributed by atoms with E-state index in [0.29, 0.717) is 0 Å². The van der Waals surface area contributed by atoms with Crippen LogP contribution in [0.3, 0.4) is 0 Å². The molecule has 106 valence electrons. The van der Waals surface area contributed by atoms with Crippen LogP contribution in [-0.2, 0) is 6.42 Å². The zero-order valence-corrected chi connectivity index (χ0v) is 12.6. The predicted molar refractivity (Wildman–Crippen MR) is 91.6 cm³/mol. The number of fused-ring (bicyclic) bond motifs is 1. The summed E-state index contributed by atoms with van der Waals surface area (Å²) in [5.41, 5.74) is 8.84. The number of benzene rings is 2. The number of hydrogen-bond donors (Lipinski definition) is 0. The summed E-state index contributed by atoms with van der Waals surface area (Å²) in [5, 5.41) is 0. The Hall–Kier alpha value is -2.67. The van der Waals surface area contributed by atoms with Crippen molar-refractivity contribution in [3.05, 3.63) is 95.3 Å². The van der Waals surface area contributed by atoms with Crippen LogP contribution in [0, 0.1) is 6.92 Å². The van der Waals surface area contributed by atoms with Gasteiger partial charge in [-0.15, -0.1) is 0 Å². The summed E-state index contributed by atoms with van der Waals surface area (Å²) in [4.78, 5) is 4.68. The maximum Gasteiger partial charge on any atom is 0.0740 e. The highest BCUT2D eigenvalue weighted by Crippen LogP contribution is 2.35. The summed E-state index contributed by atoms with van der Waals surface area (Å²) in [6.45, 7) is 2.17. The van der Waals surface area contributed by atoms with Crippen molar-refractivity contribution in [1.82, 2.24) is 4.98 Å². The van der Waals surface area contributed by atoms with Crippen LogP contribution in [0.25, 0.3) is 16.7 Å². The maximum atomic E-state index is 4.68. The molecule has 2 aromatic carbocycles. The van der Waals surface area contributed by atoms with Gasteiger partial charge in [-0.3, -0.25) is 4.98 Å². The summed E-state index contributed by atoms with van der Waals surface area (Å²) in [6.07, 6.45) is 5.23. The molecule has 0 saturated heterocycles. The van der Waals surface area contributed by atoms with E-state index in [2.05, 4.69) is 78.6 Å². The monoisotopic (exact) mass is 283 g/mol. The van der Waals surface area contributed by atoms with Crippen LogP contribution < -0.4 is 0 Å². The molecule has 0 unspecified atom stereocenters. The molecule has 4 rings (SSSR count). The first-order chi connectivity index (χ1) is 10.8. The number of nitrogens with zero attached hydrogens (tertiary/aromatic N) is 1. The van der Waals surface area contributed by atoms with Gasteiger partial charge in [0, 0.05) is 11.8 Å². The Morgan fingerprint density at radius 3 is 2.45 bits per heavy atom. The molecule has 0 amide bonds. The number of aromatic nitrogens is 1. The van der Waals surface area contributed by atoms with E-state index in [0.717, 1.165) is 12.1 Å². The van der Waals surface area contributed by atoms with Gasteiger partial charge in [0.05, 0.1) is 5.69 Å². The van der Waals surface area contributed by atoms with E-state index in [1.807, 2.05) is 6.20 Å². The smallest absolute Gasteiger partial charge is 0.0740 e. The van der Waals surface area contributed by atoms with Gasteiger partial charge in [-0.05, 0) is 47.2 Å². The lowest BCUT2D eigenvalue weighted by atomic mass is 9.95. The molecule has 0 saturated carbocycles. The Morgan fingerprint density at radius 1 is 0.818 bits per heavy atom. The number of hydrogen-bond acceptors (Lipinski definition) is 1. The molecule has 0 radical (unpaired) electrons. The zero-order valence-electron chi connectivity index (χ0n) is 12.6. The summed E-state index contributed by atoms with van der Waals surface area (Å²) in [6, 6.07) is 21.3. The highest BCUT2D eigenvalue weighted by atomic mass is 14.7. The topological polar surface area (TPSA) is 12.9 Å². The van der Waals surface area contributed by atoms with Gasteiger partial charge in [0.25, 0.3) is 0 Å². The van der Waals surface area contributed by atoms with E-state index in [1.54, 1.807) is 0 Å². The fourth-order valence-electron chi connectivity index (χ4n) is 3.24. The van der Waals surface area contributed by atoms with Crippen LogP contribution in [0.5, 0.6) is 0 Å². The van der Waals surface area contributed by atoms with Gasteiger partial charge >= 0.3 is 0 Å². The van der Waals surface area contributed by atoms with Crippen LogP contribution in [0.4, 0.5) is 0 Å². The minimum absolute atomic E-state index is 1.00. The quantitative estimate of drug-likeness (QED) is 0.641. The van der Waals surface area contributed by atoms with Crippen molar-refractivity contribution in [2.75, 3.05) is 0 Å². The zero-order chi connectivity index (χ0) is 14.9. The van der Waals surface area contributed by atoms with Crippen LogP contribution in [-0.4, -0.2) is 4.98 Å². The molecule has 0 aliphatic heterocycles. The van der Waals surface area contributed by atoms with Gasteiger partial charge in [0.15, 0.2) is 0 Å². The molecule has 1 nitrogen and oxygen atoms in total. The Morgan fingerprint density at radius 2 is 1.59 bits per heavy atom. The fraction of sp³-hybridized carbons (Fsp3) is 0.0952. The highest BCUT2D eigenvalue weighted by Gasteiger charge is 2.18. The number of allylic oxidation sites excluding steroid dienone is 1. The van der Waals surface area contributed by atoms with Gasteiger partial charge in [0.2, 0.25) is 0 Å². The van der Waals surface area contributed by atoms with Crippen molar-refractivity contribution in [2.24, 2.45) is 0 Å². The summed E-state index contributed by atoms with van der Waals surface area (Å²) >= 11 is 0. The summed E-state index contributed by atoms with van der Waals surface area (Å²) in [7, 11) is 0. The lowest BCUT2D eigenvalue weighted by Crippen LogP contribution is -1.96. The van der Waals surface area contributed by atoms with E-state index in [4.69, 9.17) is 0 Å². The van der Waals surface area contributed by atoms with Crippen molar-refractivity contribution in [1.29, 1.82) is 0 Å². The average Bonchev–Trinajstić information content (AvgIpc) is 3.00. The van der Waals surface area contributed by atoms with Gasteiger partial charge < -0.3 is 0 Å². The molecular formula is C21H17N. The SMILES string of the molecule is Cc1c(-c2ccccc2)ccnc1C1=CCc2ccccc21. The second kappa shape index (κ2) is 5.27. The van der Waals surface area contributed by atoms with Crippen LogP contribution >= 0.6 is 0 Å². The highest BCUT2D eigenvalue weighted by molar-refractivity contribution is 5.86. The summed E-state index contributed by atoms with van der Waals surface area (Å²) < 4.78 is 0. The second-order valence-electron chi connectivity index (χ2n) is 5.68. The van der Waals surface area contributed by atoms with Gasteiger partial charge in [-0.25, -0.2) is 0 Å². The normalized spacial score (nSPS) is 12.9. The molecule has 22 heavy (non-hydrogen) atoms. The minimum atomic E-state index is 1.00. The van der Waals surface area contributed by atoms with Gasteiger partial charge in [0.1, 0.15) is 0 Å². The third kappa shape index (κ3) is 2.06. The van der Waals surface area contributed by atoms with Crippen LogP contribution in [0.15, 0.2) is 72.9 Å². The van der Waals surface area contributed by atoms with Crippen molar-refractivity contribution < 1.29 is 0 Å². The first-order valence-electron chi connectivity index (χ1n) is 7.64.